The first-order chi connectivity index (χ1) is 11.0. The fraction of sp³-hybridized carbons (Fsp3) is 0.647. The van der Waals surface area contributed by atoms with E-state index in [1.54, 1.807) is 0 Å². The molecule has 0 saturated heterocycles. The molecule has 7 N–H and O–H groups in total. The van der Waals surface area contributed by atoms with Gasteiger partial charge in [0.2, 0.25) is 0 Å². The molecule has 0 aliphatic rings. The number of benzene rings is 1. The van der Waals surface area contributed by atoms with Crippen molar-refractivity contribution < 1.29 is 14.9 Å². The Morgan fingerprint density at radius 3 is 2.48 bits per heavy atom. The summed E-state index contributed by atoms with van der Waals surface area (Å²) in [6.45, 7) is 8.66. The lowest BCUT2D eigenvalue weighted by Gasteiger charge is -2.26. The first kappa shape index (κ1) is 21.7. The van der Waals surface area contributed by atoms with Crippen LogP contribution in [0.3, 0.4) is 0 Å². The van der Waals surface area contributed by atoms with Crippen molar-refractivity contribution >= 4 is 11.4 Å². The lowest BCUT2D eigenvalue weighted by molar-refractivity contribution is -0.0406. The molecule has 23 heavy (non-hydrogen) atoms. The summed E-state index contributed by atoms with van der Waals surface area (Å²) in [7, 11) is 0. The van der Waals surface area contributed by atoms with E-state index in [0.717, 1.165) is 16.9 Å². The van der Waals surface area contributed by atoms with Gasteiger partial charge >= 0.3 is 0 Å². The van der Waals surface area contributed by atoms with Crippen molar-refractivity contribution in [2.45, 2.75) is 46.4 Å². The average molecular weight is 327 g/mol. The van der Waals surface area contributed by atoms with Gasteiger partial charge in [0.25, 0.3) is 0 Å². The summed E-state index contributed by atoms with van der Waals surface area (Å²) in [4.78, 5) is 0. The van der Waals surface area contributed by atoms with Crippen LogP contribution in [-0.4, -0.2) is 42.3 Å². The number of hydrogen-bond donors (Lipinski definition) is 5. The van der Waals surface area contributed by atoms with Crippen LogP contribution in [-0.2, 0) is 4.74 Å². The molecular formula is C17H33N3O3. The van der Waals surface area contributed by atoms with Gasteiger partial charge in [0.15, 0.2) is 0 Å². The van der Waals surface area contributed by atoms with E-state index in [0.29, 0.717) is 13.0 Å². The Balaban J connectivity index is 0.00000232. The van der Waals surface area contributed by atoms with Gasteiger partial charge in [-0.25, -0.2) is 0 Å². The predicted molar refractivity (Wildman–Crippen MR) is 96.2 cm³/mol. The molecule has 0 amide bonds. The second-order valence-electron chi connectivity index (χ2n) is 5.27. The zero-order valence-electron chi connectivity index (χ0n) is 14.7. The number of nitrogens with two attached hydrogens (primary N) is 2. The van der Waals surface area contributed by atoms with Crippen LogP contribution >= 0.6 is 0 Å². The van der Waals surface area contributed by atoms with Gasteiger partial charge < -0.3 is 31.7 Å². The molecule has 1 aromatic carbocycles. The molecule has 0 aliphatic carbocycles. The highest BCUT2D eigenvalue weighted by Crippen LogP contribution is 2.18. The standard InChI is InChI=1S/C15H27N3O3.C2H6/c1-10-9-12(3-4-13(10)16)18-6-5-14(21-8-7-19)11(2)15(17)20;1-2/h3-4,9,11,14-15,18-20H,5-8,16-17H2,1-2H3;1-2H3. The molecule has 0 aromatic heterocycles. The SMILES string of the molecule is CC.Cc1cc(NCCC(OCCO)C(C)C(N)O)ccc1N. The topological polar surface area (TPSA) is 114 Å². The van der Waals surface area contributed by atoms with Crippen LogP contribution in [0.2, 0.25) is 0 Å². The zero-order valence-corrected chi connectivity index (χ0v) is 14.7. The van der Waals surface area contributed by atoms with Crippen LogP contribution < -0.4 is 16.8 Å². The van der Waals surface area contributed by atoms with E-state index in [9.17, 15) is 5.11 Å². The Labute approximate surface area is 139 Å². The molecule has 0 heterocycles. The van der Waals surface area contributed by atoms with E-state index in [1.165, 1.54) is 0 Å². The highest BCUT2D eigenvalue weighted by atomic mass is 16.5. The average Bonchev–Trinajstić information content (AvgIpc) is 2.55. The molecule has 134 valence electrons. The molecule has 6 nitrogen and oxygen atoms in total. The van der Waals surface area contributed by atoms with Crippen molar-refractivity contribution in [1.82, 2.24) is 0 Å². The number of aliphatic hydroxyl groups is 2. The van der Waals surface area contributed by atoms with E-state index in [-0.39, 0.29) is 25.2 Å². The van der Waals surface area contributed by atoms with E-state index in [4.69, 9.17) is 21.3 Å². The van der Waals surface area contributed by atoms with Crippen molar-refractivity contribution in [3.8, 4) is 0 Å². The van der Waals surface area contributed by atoms with Crippen molar-refractivity contribution in [3.05, 3.63) is 23.8 Å². The molecule has 0 bridgehead atoms. The third kappa shape index (κ3) is 8.18. The fourth-order valence-corrected chi connectivity index (χ4v) is 2.07. The minimum atomic E-state index is -0.938. The van der Waals surface area contributed by atoms with Crippen LogP contribution in [0.5, 0.6) is 0 Å². The van der Waals surface area contributed by atoms with Crippen molar-refractivity contribution in [2.75, 3.05) is 30.8 Å². The second kappa shape index (κ2) is 12.1. The maximum absolute atomic E-state index is 9.47. The number of rotatable bonds is 9. The monoisotopic (exact) mass is 327 g/mol. The number of aryl methyl sites for hydroxylation is 1. The first-order valence-corrected chi connectivity index (χ1v) is 8.21. The summed E-state index contributed by atoms with van der Waals surface area (Å²) < 4.78 is 5.55. The summed E-state index contributed by atoms with van der Waals surface area (Å²) in [6, 6.07) is 5.77. The molecule has 6 heteroatoms. The molecule has 0 aliphatic heterocycles. The van der Waals surface area contributed by atoms with Gasteiger partial charge in [-0.15, -0.1) is 0 Å². The molecular weight excluding hydrogens is 294 g/mol. The van der Waals surface area contributed by atoms with Crippen molar-refractivity contribution in [2.24, 2.45) is 11.7 Å². The minimum Gasteiger partial charge on any atom is -0.399 e. The van der Waals surface area contributed by atoms with Gasteiger partial charge in [-0.05, 0) is 37.1 Å². The van der Waals surface area contributed by atoms with Crippen LogP contribution in [0.15, 0.2) is 18.2 Å². The van der Waals surface area contributed by atoms with Gasteiger partial charge in [0, 0.05) is 23.8 Å². The molecule has 1 rings (SSSR count). The minimum absolute atomic E-state index is 0.0472. The highest BCUT2D eigenvalue weighted by molar-refractivity contribution is 5.56. The molecule has 0 fully saturated rings. The van der Waals surface area contributed by atoms with E-state index < -0.39 is 6.23 Å². The second-order valence-corrected chi connectivity index (χ2v) is 5.27. The molecule has 1 aromatic rings. The van der Waals surface area contributed by atoms with E-state index in [1.807, 2.05) is 45.9 Å². The van der Waals surface area contributed by atoms with E-state index in [2.05, 4.69) is 5.32 Å². The lowest BCUT2D eigenvalue weighted by atomic mass is 10.00. The number of hydrogen-bond acceptors (Lipinski definition) is 6. The van der Waals surface area contributed by atoms with Crippen LogP contribution in [0.1, 0.15) is 32.8 Å². The first-order valence-electron chi connectivity index (χ1n) is 8.21. The Morgan fingerprint density at radius 1 is 1.30 bits per heavy atom. The lowest BCUT2D eigenvalue weighted by Crippen LogP contribution is -2.38. The maximum atomic E-state index is 9.47. The third-order valence-corrected chi connectivity index (χ3v) is 3.58. The van der Waals surface area contributed by atoms with E-state index >= 15 is 0 Å². The smallest absolute Gasteiger partial charge is 0.107 e. The number of ether oxygens (including phenoxy) is 1. The zero-order chi connectivity index (χ0) is 17.8. The van der Waals surface area contributed by atoms with Crippen molar-refractivity contribution in [1.29, 1.82) is 0 Å². The molecule has 0 spiro atoms. The maximum Gasteiger partial charge on any atom is 0.107 e. The Morgan fingerprint density at radius 2 is 1.96 bits per heavy atom. The van der Waals surface area contributed by atoms with Gasteiger partial charge in [0.05, 0.1) is 19.3 Å². The van der Waals surface area contributed by atoms with Gasteiger partial charge in [-0.2, -0.15) is 0 Å². The Kier molecular flexibility index (Phi) is 11.4. The van der Waals surface area contributed by atoms with Gasteiger partial charge in [0.1, 0.15) is 6.23 Å². The van der Waals surface area contributed by atoms with Crippen LogP contribution in [0.25, 0.3) is 0 Å². The molecule has 0 saturated carbocycles. The summed E-state index contributed by atoms with van der Waals surface area (Å²) in [5.41, 5.74) is 14.1. The van der Waals surface area contributed by atoms with Gasteiger partial charge in [-0.1, -0.05) is 20.8 Å². The molecule has 3 unspecified atom stereocenters. The summed E-state index contributed by atoms with van der Waals surface area (Å²) in [5, 5.41) is 21.6. The normalized spacial score (nSPS) is 14.4. The Hall–Kier alpha value is -1.34. The summed E-state index contributed by atoms with van der Waals surface area (Å²) >= 11 is 0. The fourth-order valence-electron chi connectivity index (χ4n) is 2.07. The highest BCUT2D eigenvalue weighted by Gasteiger charge is 2.22. The third-order valence-electron chi connectivity index (χ3n) is 3.58. The number of nitrogens with one attached hydrogen (secondary N) is 1. The summed E-state index contributed by atoms with van der Waals surface area (Å²) in [5.74, 6) is -0.202. The van der Waals surface area contributed by atoms with Gasteiger partial charge in [-0.3, -0.25) is 0 Å². The number of aliphatic hydroxyl groups excluding tert-OH is 2. The molecule has 0 radical (unpaired) electrons. The number of anilines is 2. The largest absolute Gasteiger partial charge is 0.399 e. The quantitative estimate of drug-likeness (QED) is 0.348. The molecule has 3 atom stereocenters. The van der Waals surface area contributed by atoms with Crippen LogP contribution in [0, 0.1) is 12.8 Å². The Bertz CT molecular complexity index is 428. The summed E-state index contributed by atoms with van der Waals surface area (Å²) in [6.07, 6.45) is -0.467. The van der Waals surface area contributed by atoms with Crippen molar-refractivity contribution in [3.63, 3.8) is 0 Å². The van der Waals surface area contributed by atoms with Crippen LogP contribution in [0.4, 0.5) is 11.4 Å². The predicted octanol–water partition coefficient (Wildman–Crippen LogP) is 1.70. The number of nitrogen functional groups attached to an aromatic ring is 1.